The van der Waals surface area contributed by atoms with Gasteiger partial charge in [-0.15, -0.1) is 5.10 Å². The minimum Gasteiger partial charge on any atom is -0.349 e. The van der Waals surface area contributed by atoms with E-state index in [-0.39, 0.29) is 5.82 Å². The number of aromatic nitrogens is 3. The fourth-order valence-electron chi connectivity index (χ4n) is 1.87. The molecule has 0 bridgehead atoms. The molecule has 1 aromatic carbocycles. The molecule has 2 aromatic heterocycles. The van der Waals surface area contributed by atoms with E-state index in [4.69, 9.17) is 0 Å². The van der Waals surface area contributed by atoms with Gasteiger partial charge in [0.15, 0.2) is 5.65 Å². The summed E-state index contributed by atoms with van der Waals surface area (Å²) >= 11 is 0. The zero-order valence-corrected chi connectivity index (χ0v) is 10.5. The standard InChI is InChI=1S/C14H13FN4/c1-10-6-7-19-13(8-10)17-14(18-19)16-9-11-4-2-3-5-12(11)15/h2-8H,9H2,1H3,(H,16,18). The zero-order valence-electron chi connectivity index (χ0n) is 10.5. The van der Waals surface area contributed by atoms with Crippen molar-refractivity contribution >= 4 is 11.6 Å². The first-order valence-electron chi connectivity index (χ1n) is 6.03. The van der Waals surface area contributed by atoms with Crippen LogP contribution >= 0.6 is 0 Å². The molecule has 0 saturated heterocycles. The van der Waals surface area contributed by atoms with Crippen molar-refractivity contribution in [3.63, 3.8) is 0 Å². The maximum atomic E-state index is 13.5. The normalized spacial score (nSPS) is 10.8. The molecule has 3 rings (SSSR count). The lowest BCUT2D eigenvalue weighted by Crippen LogP contribution is -2.03. The molecule has 1 N–H and O–H groups in total. The van der Waals surface area contributed by atoms with E-state index in [0.717, 1.165) is 11.2 Å². The first-order chi connectivity index (χ1) is 9.22. The van der Waals surface area contributed by atoms with Gasteiger partial charge in [0.05, 0.1) is 0 Å². The van der Waals surface area contributed by atoms with Gasteiger partial charge in [-0.05, 0) is 30.7 Å². The minimum atomic E-state index is -0.227. The molecule has 0 unspecified atom stereocenters. The average molecular weight is 256 g/mol. The summed E-state index contributed by atoms with van der Waals surface area (Å²) in [6.45, 7) is 2.36. The molecule has 3 aromatic rings. The third-order valence-electron chi connectivity index (χ3n) is 2.89. The second-order valence-electron chi connectivity index (χ2n) is 4.39. The van der Waals surface area contributed by atoms with Gasteiger partial charge in [-0.2, -0.15) is 4.98 Å². The van der Waals surface area contributed by atoms with Gasteiger partial charge < -0.3 is 5.32 Å². The third-order valence-corrected chi connectivity index (χ3v) is 2.89. The zero-order chi connectivity index (χ0) is 13.2. The highest BCUT2D eigenvalue weighted by Gasteiger charge is 2.05. The lowest BCUT2D eigenvalue weighted by atomic mass is 10.2. The molecule has 0 spiro atoms. The minimum absolute atomic E-state index is 0.227. The number of nitrogens with zero attached hydrogens (tertiary/aromatic N) is 3. The van der Waals surface area contributed by atoms with Crippen LogP contribution in [0.25, 0.3) is 5.65 Å². The molecule has 0 radical (unpaired) electrons. The van der Waals surface area contributed by atoms with E-state index < -0.39 is 0 Å². The Morgan fingerprint density at radius 3 is 2.95 bits per heavy atom. The fraction of sp³-hybridized carbons (Fsp3) is 0.143. The highest BCUT2D eigenvalue weighted by Crippen LogP contribution is 2.11. The molecule has 0 aliphatic rings. The van der Waals surface area contributed by atoms with Gasteiger partial charge >= 0.3 is 0 Å². The molecule has 19 heavy (non-hydrogen) atoms. The Balaban J connectivity index is 1.80. The number of aryl methyl sites for hydroxylation is 1. The van der Waals surface area contributed by atoms with Gasteiger partial charge in [-0.25, -0.2) is 8.91 Å². The number of rotatable bonds is 3. The predicted octanol–water partition coefficient (Wildman–Crippen LogP) is 2.79. The van der Waals surface area contributed by atoms with E-state index in [9.17, 15) is 4.39 Å². The van der Waals surface area contributed by atoms with Crippen LogP contribution < -0.4 is 5.32 Å². The summed E-state index contributed by atoms with van der Waals surface area (Å²) in [7, 11) is 0. The van der Waals surface area contributed by atoms with E-state index in [1.165, 1.54) is 6.07 Å². The van der Waals surface area contributed by atoms with Gasteiger partial charge in [-0.3, -0.25) is 0 Å². The summed E-state index contributed by atoms with van der Waals surface area (Å²) < 4.78 is 15.2. The highest BCUT2D eigenvalue weighted by atomic mass is 19.1. The van der Waals surface area contributed by atoms with E-state index in [0.29, 0.717) is 18.1 Å². The van der Waals surface area contributed by atoms with Crippen LogP contribution in [0, 0.1) is 12.7 Å². The van der Waals surface area contributed by atoms with Gasteiger partial charge in [0.1, 0.15) is 5.82 Å². The Bertz CT molecular complexity index is 720. The van der Waals surface area contributed by atoms with Crippen LogP contribution in [0.3, 0.4) is 0 Å². The number of benzene rings is 1. The molecular weight excluding hydrogens is 243 g/mol. The SMILES string of the molecule is Cc1ccn2nc(NCc3ccccc3F)nc2c1. The van der Waals surface area contributed by atoms with Crippen LogP contribution in [-0.4, -0.2) is 14.6 Å². The van der Waals surface area contributed by atoms with E-state index >= 15 is 0 Å². The van der Waals surface area contributed by atoms with E-state index in [1.807, 2.05) is 25.3 Å². The summed E-state index contributed by atoms with van der Waals surface area (Å²) in [5, 5.41) is 7.30. The molecule has 0 aliphatic heterocycles. The Hall–Kier alpha value is -2.43. The van der Waals surface area contributed by atoms with Crippen molar-refractivity contribution < 1.29 is 4.39 Å². The third kappa shape index (κ3) is 2.40. The molecule has 0 fully saturated rings. The largest absolute Gasteiger partial charge is 0.349 e. The molecule has 5 heteroatoms. The lowest BCUT2D eigenvalue weighted by Gasteiger charge is -2.02. The first-order valence-corrected chi connectivity index (χ1v) is 6.03. The van der Waals surface area contributed by atoms with Crippen LogP contribution in [-0.2, 0) is 6.54 Å². The maximum Gasteiger partial charge on any atom is 0.243 e. The van der Waals surface area contributed by atoms with Crippen molar-refractivity contribution in [3.05, 3.63) is 59.5 Å². The van der Waals surface area contributed by atoms with Crippen molar-refractivity contribution in [2.24, 2.45) is 0 Å². The molecule has 0 saturated carbocycles. The number of fused-ring (bicyclic) bond motifs is 1. The Labute approximate surface area is 109 Å². The van der Waals surface area contributed by atoms with Crippen LogP contribution in [0.4, 0.5) is 10.3 Å². The Morgan fingerprint density at radius 1 is 1.26 bits per heavy atom. The maximum absolute atomic E-state index is 13.5. The quantitative estimate of drug-likeness (QED) is 0.783. The summed E-state index contributed by atoms with van der Waals surface area (Å²) in [5.41, 5.74) is 2.49. The molecule has 2 heterocycles. The summed E-state index contributed by atoms with van der Waals surface area (Å²) in [6.07, 6.45) is 1.85. The number of anilines is 1. The number of pyridine rings is 1. The van der Waals surface area contributed by atoms with Crippen molar-refractivity contribution in [2.75, 3.05) is 5.32 Å². The first kappa shape index (κ1) is 11.6. The lowest BCUT2D eigenvalue weighted by molar-refractivity contribution is 0.612. The molecular formula is C14H13FN4. The summed E-state index contributed by atoms with van der Waals surface area (Å²) in [4.78, 5) is 4.34. The second kappa shape index (κ2) is 4.68. The number of hydrogen-bond donors (Lipinski definition) is 1. The monoisotopic (exact) mass is 256 g/mol. The molecule has 0 aliphatic carbocycles. The average Bonchev–Trinajstić information content (AvgIpc) is 2.79. The van der Waals surface area contributed by atoms with E-state index in [2.05, 4.69) is 15.4 Å². The predicted molar refractivity (Wildman–Crippen MR) is 71.5 cm³/mol. The van der Waals surface area contributed by atoms with Crippen LogP contribution in [0.5, 0.6) is 0 Å². The second-order valence-corrected chi connectivity index (χ2v) is 4.39. The van der Waals surface area contributed by atoms with Crippen molar-refractivity contribution in [1.82, 2.24) is 14.6 Å². The summed E-state index contributed by atoms with van der Waals surface area (Å²) in [6, 6.07) is 10.6. The Kier molecular flexibility index (Phi) is 2.87. The highest BCUT2D eigenvalue weighted by molar-refractivity contribution is 5.45. The molecule has 96 valence electrons. The summed E-state index contributed by atoms with van der Waals surface area (Å²) in [5.74, 6) is 0.267. The molecule has 4 nitrogen and oxygen atoms in total. The Morgan fingerprint density at radius 2 is 2.11 bits per heavy atom. The van der Waals surface area contributed by atoms with Gasteiger partial charge in [0, 0.05) is 18.3 Å². The fourth-order valence-corrected chi connectivity index (χ4v) is 1.87. The number of hydrogen-bond acceptors (Lipinski definition) is 3. The van der Waals surface area contributed by atoms with Crippen molar-refractivity contribution in [1.29, 1.82) is 0 Å². The molecule has 0 amide bonds. The van der Waals surface area contributed by atoms with Gasteiger partial charge in [0.2, 0.25) is 5.95 Å². The van der Waals surface area contributed by atoms with Crippen LogP contribution in [0.2, 0.25) is 0 Å². The van der Waals surface area contributed by atoms with Crippen molar-refractivity contribution in [2.45, 2.75) is 13.5 Å². The van der Waals surface area contributed by atoms with E-state index in [1.54, 1.807) is 22.7 Å². The van der Waals surface area contributed by atoms with Gasteiger partial charge in [0.25, 0.3) is 0 Å². The van der Waals surface area contributed by atoms with Crippen molar-refractivity contribution in [3.8, 4) is 0 Å². The smallest absolute Gasteiger partial charge is 0.243 e. The van der Waals surface area contributed by atoms with Crippen LogP contribution in [0.1, 0.15) is 11.1 Å². The number of halogens is 1. The molecule has 0 atom stereocenters. The van der Waals surface area contributed by atoms with Gasteiger partial charge in [-0.1, -0.05) is 18.2 Å². The topological polar surface area (TPSA) is 42.2 Å². The van der Waals surface area contributed by atoms with Crippen LogP contribution in [0.15, 0.2) is 42.6 Å². The number of nitrogens with one attached hydrogen (secondary N) is 1.